The lowest BCUT2D eigenvalue weighted by molar-refractivity contribution is 0.0967. The monoisotopic (exact) mass is 290 g/mol. The highest BCUT2D eigenvalue weighted by Crippen LogP contribution is 2.31. The van der Waals surface area contributed by atoms with Crippen LogP contribution >= 0.6 is 0 Å². The van der Waals surface area contributed by atoms with Crippen molar-refractivity contribution in [1.29, 1.82) is 0 Å². The summed E-state index contributed by atoms with van der Waals surface area (Å²) in [6, 6.07) is 4.50. The second kappa shape index (κ2) is 7.79. The van der Waals surface area contributed by atoms with Crippen LogP contribution in [0.2, 0.25) is 0 Å². The first-order chi connectivity index (χ1) is 10.1. The second-order valence-electron chi connectivity index (χ2n) is 6.76. The van der Waals surface area contributed by atoms with Crippen molar-refractivity contribution in [2.24, 2.45) is 11.8 Å². The summed E-state index contributed by atoms with van der Waals surface area (Å²) in [5.74, 6) is 2.29. The van der Waals surface area contributed by atoms with Crippen LogP contribution in [0, 0.1) is 11.8 Å². The van der Waals surface area contributed by atoms with E-state index in [0.717, 1.165) is 43.5 Å². The molecule has 21 heavy (non-hydrogen) atoms. The number of rotatable bonds is 6. The molecule has 1 saturated carbocycles. The molecule has 3 atom stereocenters. The molecule has 1 aromatic heterocycles. The van der Waals surface area contributed by atoms with Crippen LogP contribution in [-0.4, -0.2) is 17.6 Å². The van der Waals surface area contributed by atoms with Crippen molar-refractivity contribution >= 4 is 0 Å². The lowest BCUT2D eigenvalue weighted by Crippen LogP contribution is -2.28. The van der Waals surface area contributed by atoms with Gasteiger partial charge in [-0.2, -0.15) is 0 Å². The summed E-state index contributed by atoms with van der Waals surface area (Å²) < 4.78 is 6.08. The molecular weight excluding hydrogens is 260 g/mol. The Bertz CT molecular complexity index is 408. The second-order valence-corrected chi connectivity index (χ2v) is 6.76. The third-order valence-electron chi connectivity index (χ3n) is 4.38. The zero-order valence-electron chi connectivity index (χ0n) is 13.9. The molecule has 0 aliphatic heterocycles. The van der Waals surface area contributed by atoms with Gasteiger partial charge in [-0.25, -0.2) is 4.98 Å². The molecule has 0 bridgehead atoms. The molecule has 3 nitrogen and oxygen atoms in total. The molecule has 0 spiro atoms. The van der Waals surface area contributed by atoms with Crippen molar-refractivity contribution in [2.75, 3.05) is 6.54 Å². The topological polar surface area (TPSA) is 34.1 Å². The average Bonchev–Trinajstić information content (AvgIpc) is 2.44. The van der Waals surface area contributed by atoms with E-state index >= 15 is 0 Å². The zero-order valence-corrected chi connectivity index (χ0v) is 13.9. The minimum Gasteiger partial charge on any atom is -0.474 e. The molecule has 0 saturated heterocycles. The summed E-state index contributed by atoms with van der Waals surface area (Å²) in [6.45, 7) is 10.0. The SMILES string of the molecule is CCCNC(C)c1ccc(OC2CC(C)CC(C)C2)nc1. The van der Waals surface area contributed by atoms with E-state index in [1.165, 1.54) is 12.0 Å². The minimum absolute atomic E-state index is 0.331. The van der Waals surface area contributed by atoms with Gasteiger partial charge in [0.05, 0.1) is 0 Å². The van der Waals surface area contributed by atoms with Gasteiger partial charge in [-0.1, -0.05) is 26.8 Å². The molecule has 1 aromatic rings. The van der Waals surface area contributed by atoms with Crippen LogP contribution in [0.15, 0.2) is 18.3 Å². The van der Waals surface area contributed by atoms with Crippen LogP contribution in [0.4, 0.5) is 0 Å². The molecule has 1 aliphatic rings. The predicted octanol–water partition coefficient (Wildman–Crippen LogP) is 4.35. The molecule has 3 heteroatoms. The van der Waals surface area contributed by atoms with Crippen LogP contribution in [0.3, 0.4) is 0 Å². The Morgan fingerprint density at radius 1 is 1.24 bits per heavy atom. The summed E-state index contributed by atoms with van der Waals surface area (Å²) in [5, 5.41) is 3.48. The molecule has 0 aromatic carbocycles. The van der Waals surface area contributed by atoms with E-state index in [-0.39, 0.29) is 0 Å². The number of pyridine rings is 1. The first-order valence-electron chi connectivity index (χ1n) is 8.44. The Labute approximate surface area is 129 Å². The van der Waals surface area contributed by atoms with Crippen molar-refractivity contribution in [2.45, 2.75) is 65.5 Å². The summed E-state index contributed by atoms with van der Waals surface area (Å²) in [6.07, 6.45) is 7.06. The third-order valence-corrected chi connectivity index (χ3v) is 4.38. The van der Waals surface area contributed by atoms with Gasteiger partial charge in [0.1, 0.15) is 6.10 Å². The van der Waals surface area contributed by atoms with Gasteiger partial charge in [-0.15, -0.1) is 0 Å². The van der Waals surface area contributed by atoms with Gasteiger partial charge < -0.3 is 10.1 Å². The van der Waals surface area contributed by atoms with Crippen molar-refractivity contribution in [3.8, 4) is 5.88 Å². The van der Waals surface area contributed by atoms with Gasteiger partial charge in [0, 0.05) is 18.3 Å². The van der Waals surface area contributed by atoms with Gasteiger partial charge in [0.25, 0.3) is 0 Å². The quantitative estimate of drug-likeness (QED) is 0.846. The van der Waals surface area contributed by atoms with E-state index in [1.54, 1.807) is 0 Å². The van der Waals surface area contributed by atoms with E-state index < -0.39 is 0 Å². The maximum Gasteiger partial charge on any atom is 0.213 e. The van der Waals surface area contributed by atoms with Gasteiger partial charge in [0.2, 0.25) is 5.88 Å². The highest BCUT2D eigenvalue weighted by atomic mass is 16.5. The maximum atomic E-state index is 6.08. The molecule has 1 heterocycles. The van der Waals surface area contributed by atoms with Crippen molar-refractivity contribution < 1.29 is 4.74 Å². The fourth-order valence-electron chi connectivity index (χ4n) is 3.34. The fourth-order valence-corrected chi connectivity index (χ4v) is 3.34. The smallest absolute Gasteiger partial charge is 0.213 e. The zero-order chi connectivity index (χ0) is 15.2. The van der Waals surface area contributed by atoms with Crippen LogP contribution in [0.25, 0.3) is 0 Å². The van der Waals surface area contributed by atoms with Crippen LogP contribution in [-0.2, 0) is 0 Å². The van der Waals surface area contributed by atoms with E-state index in [1.807, 2.05) is 12.3 Å². The Morgan fingerprint density at radius 3 is 2.52 bits per heavy atom. The highest BCUT2D eigenvalue weighted by Gasteiger charge is 2.25. The standard InChI is InChI=1S/C18H30N2O/c1-5-8-19-15(4)16-6-7-18(20-12-16)21-17-10-13(2)9-14(3)11-17/h6-7,12-15,17,19H,5,8-11H2,1-4H3. The van der Waals surface area contributed by atoms with E-state index in [2.05, 4.69) is 44.1 Å². The maximum absolute atomic E-state index is 6.08. The third kappa shape index (κ3) is 4.99. The predicted molar refractivity (Wildman–Crippen MR) is 87.5 cm³/mol. The largest absolute Gasteiger partial charge is 0.474 e. The fraction of sp³-hybridized carbons (Fsp3) is 0.722. The Hall–Kier alpha value is -1.09. The molecule has 1 fully saturated rings. The molecule has 0 amide bonds. The van der Waals surface area contributed by atoms with E-state index in [0.29, 0.717) is 12.1 Å². The number of nitrogens with one attached hydrogen (secondary N) is 1. The van der Waals surface area contributed by atoms with Gasteiger partial charge >= 0.3 is 0 Å². The Morgan fingerprint density at radius 2 is 1.95 bits per heavy atom. The summed E-state index contributed by atoms with van der Waals surface area (Å²) in [5.41, 5.74) is 1.22. The first kappa shape index (κ1) is 16.3. The Kier molecular flexibility index (Phi) is 6.04. The molecule has 3 unspecified atom stereocenters. The lowest BCUT2D eigenvalue weighted by Gasteiger charge is -2.31. The number of hydrogen-bond acceptors (Lipinski definition) is 3. The van der Waals surface area contributed by atoms with Crippen LogP contribution < -0.4 is 10.1 Å². The molecule has 1 N–H and O–H groups in total. The van der Waals surface area contributed by atoms with Crippen LogP contribution in [0.5, 0.6) is 5.88 Å². The molecule has 2 rings (SSSR count). The molecule has 1 aliphatic carbocycles. The molecule has 118 valence electrons. The summed E-state index contributed by atoms with van der Waals surface area (Å²) >= 11 is 0. The highest BCUT2D eigenvalue weighted by molar-refractivity contribution is 5.20. The van der Waals surface area contributed by atoms with Crippen LogP contribution in [0.1, 0.15) is 65.0 Å². The molecular formula is C18H30N2O. The number of ether oxygens (including phenoxy) is 1. The first-order valence-corrected chi connectivity index (χ1v) is 8.44. The molecule has 0 radical (unpaired) electrons. The lowest BCUT2D eigenvalue weighted by atomic mass is 9.82. The normalized spacial score (nSPS) is 27.3. The van der Waals surface area contributed by atoms with Gasteiger partial charge in [-0.3, -0.25) is 0 Å². The van der Waals surface area contributed by atoms with E-state index in [9.17, 15) is 0 Å². The Balaban J connectivity index is 1.90. The summed E-state index contributed by atoms with van der Waals surface area (Å²) in [4.78, 5) is 4.49. The van der Waals surface area contributed by atoms with Crippen molar-refractivity contribution in [3.63, 3.8) is 0 Å². The number of hydrogen-bond donors (Lipinski definition) is 1. The minimum atomic E-state index is 0.331. The number of nitrogens with zero attached hydrogens (tertiary/aromatic N) is 1. The van der Waals surface area contributed by atoms with Gasteiger partial charge in [-0.05, 0) is 56.6 Å². The van der Waals surface area contributed by atoms with E-state index in [4.69, 9.17) is 4.74 Å². The van der Waals surface area contributed by atoms with Gasteiger partial charge in [0.15, 0.2) is 0 Å². The number of aromatic nitrogens is 1. The average molecular weight is 290 g/mol. The van der Waals surface area contributed by atoms with Crippen molar-refractivity contribution in [3.05, 3.63) is 23.9 Å². The summed E-state index contributed by atoms with van der Waals surface area (Å²) in [7, 11) is 0. The van der Waals surface area contributed by atoms with Crippen molar-refractivity contribution in [1.82, 2.24) is 10.3 Å².